The van der Waals surface area contributed by atoms with Crippen molar-refractivity contribution in [1.29, 1.82) is 0 Å². The van der Waals surface area contributed by atoms with E-state index in [1.54, 1.807) is 7.11 Å². The number of likely N-dealkylation sites (tertiary alicyclic amines) is 1. The molecular formula is C19H25ClN2O2. The van der Waals surface area contributed by atoms with Gasteiger partial charge in [0.1, 0.15) is 5.75 Å². The lowest BCUT2D eigenvalue weighted by Crippen LogP contribution is -2.39. The molecule has 1 N–H and O–H groups in total. The number of nitrogens with one attached hydrogen (secondary N) is 1. The van der Waals surface area contributed by atoms with Gasteiger partial charge in [-0.3, -0.25) is 4.79 Å². The van der Waals surface area contributed by atoms with E-state index < -0.39 is 0 Å². The van der Waals surface area contributed by atoms with Crippen LogP contribution in [-0.2, 0) is 11.3 Å². The average molecular weight is 349 g/mol. The minimum atomic E-state index is 0. The van der Waals surface area contributed by atoms with Crippen LogP contribution in [-0.4, -0.2) is 37.0 Å². The monoisotopic (exact) mass is 348 g/mol. The van der Waals surface area contributed by atoms with Gasteiger partial charge in [-0.15, -0.1) is 12.4 Å². The van der Waals surface area contributed by atoms with Gasteiger partial charge in [0, 0.05) is 37.7 Å². The molecule has 0 saturated carbocycles. The predicted molar refractivity (Wildman–Crippen MR) is 99.9 cm³/mol. The van der Waals surface area contributed by atoms with Gasteiger partial charge >= 0.3 is 0 Å². The number of rotatable bonds is 6. The van der Waals surface area contributed by atoms with E-state index in [1.165, 1.54) is 16.3 Å². The maximum Gasteiger partial charge on any atom is 0.222 e. The smallest absolute Gasteiger partial charge is 0.222 e. The van der Waals surface area contributed by atoms with Crippen LogP contribution in [0.2, 0.25) is 0 Å². The summed E-state index contributed by atoms with van der Waals surface area (Å²) < 4.78 is 5.53. The summed E-state index contributed by atoms with van der Waals surface area (Å²) in [5, 5.41) is 5.97. The highest BCUT2D eigenvalue weighted by Crippen LogP contribution is 2.27. The zero-order valence-corrected chi connectivity index (χ0v) is 15.1. The van der Waals surface area contributed by atoms with Gasteiger partial charge in [0.2, 0.25) is 5.91 Å². The summed E-state index contributed by atoms with van der Waals surface area (Å²) in [6, 6.07) is 12.7. The molecule has 4 nitrogen and oxygen atoms in total. The fourth-order valence-electron chi connectivity index (χ4n) is 3.26. The van der Waals surface area contributed by atoms with Crippen LogP contribution in [0.5, 0.6) is 5.75 Å². The lowest BCUT2D eigenvalue weighted by Gasteiger charge is -2.22. The molecule has 24 heavy (non-hydrogen) atoms. The summed E-state index contributed by atoms with van der Waals surface area (Å²) in [7, 11) is 1.71. The normalized spacial score (nSPS) is 15.4. The quantitative estimate of drug-likeness (QED) is 0.870. The summed E-state index contributed by atoms with van der Waals surface area (Å²) in [4.78, 5) is 13.7. The Bertz CT molecular complexity index is 705. The lowest BCUT2D eigenvalue weighted by atomic mass is 10.0. The van der Waals surface area contributed by atoms with E-state index >= 15 is 0 Å². The Morgan fingerprint density at radius 3 is 2.75 bits per heavy atom. The van der Waals surface area contributed by atoms with Crippen molar-refractivity contribution < 1.29 is 9.53 Å². The Kier molecular flexibility index (Phi) is 6.46. The number of fused-ring (bicyclic) bond motifs is 1. The van der Waals surface area contributed by atoms with Crippen molar-refractivity contribution in [3.05, 3.63) is 42.0 Å². The van der Waals surface area contributed by atoms with Crippen LogP contribution >= 0.6 is 12.4 Å². The fourth-order valence-corrected chi connectivity index (χ4v) is 3.26. The number of carbonyl (C=O) groups excluding carboxylic acids is 1. The summed E-state index contributed by atoms with van der Waals surface area (Å²) >= 11 is 0. The van der Waals surface area contributed by atoms with Crippen LogP contribution in [0.1, 0.15) is 25.3 Å². The SMILES string of the molecule is COc1ccc2ccccc2c1CNC(C)CN1CCCC1=O.Cl. The van der Waals surface area contributed by atoms with E-state index in [1.807, 2.05) is 17.0 Å². The first-order valence-corrected chi connectivity index (χ1v) is 8.25. The molecule has 2 aromatic carbocycles. The van der Waals surface area contributed by atoms with Crippen LogP contribution in [0.4, 0.5) is 0 Å². The van der Waals surface area contributed by atoms with Gasteiger partial charge in [-0.05, 0) is 30.2 Å². The molecule has 1 fully saturated rings. The molecule has 1 heterocycles. The molecular weight excluding hydrogens is 324 g/mol. The molecule has 0 aliphatic carbocycles. The van der Waals surface area contributed by atoms with Gasteiger partial charge < -0.3 is 15.0 Å². The molecule has 1 amide bonds. The second-order valence-corrected chi connectivity index (χ2v) is 6.19. The number of methoxy groups -OCH3 is 1. The van der Waals surface area contributed by atoms with Crippen molar-refractivity contribution in [3.8, 4) is 5.75 Å². The van der Waals surface area contributed by atoms with Crippen molar-refractivity contribution in [1.82, 2.24) is 10.2 Å². The molecule has 0 aromatic heterocycles. The van der Waals surface area contributed by atoms with Crippen molar-refractivity contribution >= 4 is 29.1 Å². The van der Waals surface area contributed by atoms with Crippen LogP contribution in [0, 0.1) is 0 Å². The molecule has 0 bridgehead atoms. The highest BCUT2D eigenvalue weighted by molar-refractivity contribution is 5.87. The van der Waals surface area contributed by atoms with Gasteiger partial charge in [-0.1, -0.05) is 30.3 Å². The third kappa shape index (κ3) is 4.00. The van der Waals surface area contributed by atoms with Gasteiger partial charge in [-0.2, -0.15) is 0 Å². The van der Waals surface area contributed by atoms with Crippen LogP contribution in [0.3, 0.4) is 0 Å². The second-order valence-electron chi connectivity index (χ2n) is 6.19. The second kappa shape index (κ2) is 8.36. The Labute approximate surface area is 149 Å². The van der Waals surface area contributed by atoms with Crippen molar-refractivity contribution in [2.45, 2.75) is 32.4 Å². The number of hydrogen-bond donors (Lipinski definition) is 1. The molecule has 0 spiro atoms. The first-order valence-electron chi connectivity index (χ1n) is 8.25. The molecule has 5 heteroatoms. The predicted octanol–water partition coefficient (Wildman–Crippen LogP) is 3.37. The van der Waals surface area contributed by atoms with Gasteiger partial charge in [-0.25, -0.2) is 0 Å². The van der Waals surface area contributed by atoms with E-state index in [2.05, 4.69) is 36.5 Å². The molecule has 130 valence electrons. The Balaban J connectivity index is 0.00000208. The van der Waals surface area contributed by atoms with E-state index in [4.69, 9.17) is 4.74 Å². The van der Waals surface area contributed by atoms with Gasteiger partial charge in [0.05, 0.1) is 7.11 Å². The van der Waals surface area contributed by atoms with Crippen molar-refractivity contribution in [2.75, 3.05) is 20.2 Å². The Morgan fingerprint density at radius 1 is 1.25 bits per heavy atom. The molecule has 0 radical (unpaired) electrons. The highest BCUT2D eigenvalue weighted by atomic mass is 35.5. The standard InChI is InChI=1S/C19H24N2O2.ClH/c1-14(13-21-11-5-8-19(21)22)20-12-17-16-7-4-3-6-15(16)9-10-18(17)23-2;/h3-4,6-7,9-10,14,20H,5,8,11-13H2,1-2H3;1H. The minimum absolute atomic E-state index is 0. The molecule has 1 unspecified atom stereocenters. The van der Waals surface area contributed by atoms with E-state index in [0.29, 0.717) is 6.42 Å². The first kappa shape index (κ1) is 18.6. The number of carbonyl (C=O) groups is 1. The summed E-state index contributed by atoms with van der Waals surface area (Å²) in [5.41, 5.74) is 1.17. The average Bonchev–Trinajstić information content (AvgIpc) is 2.97. The van der Waals surface area contributed by atoms with Crippen LogP contribution in [0.25, 0.3) is 10.8 Å². The summed E-state index contributed by atoms with van der Waals surface area (Å²) in [6.07, 6.45) is 1.69. The number of hydrogen-bond acceptors (Lipinski definition) is 3. The van der Waals surface area contributed by atoms with Crippen molar-refractivity contribution in [2.24, 2.45) is 0 Å². The number of benzene rings is 2. The lowest BCUT2D eigenvalue weighted by molar-refractivity contribution is -0.127. The number of amides is 1. The summed E-state index contributed by atoms with van der Waals surface area (Å²) in [6.45, 7) is 4.52. The minimum Gasteiger partial charge on any atom is -0.496 e. The van der Waals surface area contributed by atoms with Crippen molar-refractivity contribution in [3.63, 3.8) is 0 Å². The zero-order chi connectivity index (χ0) is 16.2. The van der Waals surface area contributed by atoms with E-state index in [-0.39, 0.29) is 24.4 Å². The van der Waals surface area contributed by atoms with E-state index in [0.717, 1.165) is 31.8 Å². The molecule has 2 aromatic rings. The van der Waals surface area contributed by atoms with Crippen LogP contribution < -0.4 is 10.1 Å². The number of nitrogens with zero attached hydrogens (tertiary/aromatic N) is 1. The zero-order valence-electron chi connectivity index (χ0n) is 14.2. The highest BCUT2D eigenvalue weighted by Gasteiger charge is 2.21. The molecule has 3 rings (SSSR count). The third-order valence-electron chi connectivity index (χ3n) is 4.51. The number of ether oxygens (including phenoxy) is 1. The topological polar surface area (TPSA) is 41.6 Å². The Morgan fingerprint density at radius 2 is 2.04 bits per heavy atom. The largest absolute Gasteiger partial charge is 0.496 e. The van der Waals surface area contributed by atoms with Gasteiger partial charge in [0.15, 0.2) is 0 Å². The van der Waals surface area contributed by atoms with E-state index in [9.17, 15) is 4.79 Å². The molecule has 1 aliphatic heterocycles. The molecule has 1 aliphatic rings. The first-order chi connectivity index (χ1) is 11.2. The molecule has 1 atom stereocenters. The van der Waals surface area contributed by atoms with Gasteiger partial charge in [0.25, 0.3) is 0 Å². The summed E-state index contributed by atoms with van der Waals surface area (Å²) in [5.74, 6) is 1.18. The Hall–Kier alpha value is -1.78. The van der Waals surface area contributed by atoms with Crippen LogP contribution in [0.15, 0.2) is 36.4 Å². The maximum absolute atomic E-state index is 11.7. The maximum atomic E-state index is 11.7. The molecule has 1 saturated heterocycles. The third-order valence-corrected chi connectivity index (χ3v) is 4.51. The fraction of sp³-hybridized carbons (Fsp3) is 0.421. The number of halogens is 1.